The number of nitrogens with zero attached hydrogens (tertiary/aromatic N) is 1. The third kappa shape index (κ3) is 1.64. The van der Waals surface area contributed by atoms with E-state index in [1.54, 1.807) is 0 Å². The molecule has 2 heteroatoms. The highest BCUT2D eigenvalue weighted by Gasteiger charge is 2.75. The Morgan fingerprint density at radius 1 is 1.20 bits per heavy atom. The highest BCUT2D eigenvalue weighted by Crippen LogP contribution is 2.70. The molecule has 0 radical (unpaired) electrons. The Hall–Kier alpha value is -0.860. The lowest BCUT2D eigenvalue weighted by Crippen LogP contribution is -2.42. The maximum absolute atomic E-state index is 6.22. The maximum Gasteiger partial charge on any atom is 0.171 e. The molecule has 0 bridgehead atoms. The average molecular weight is 273 g/mol. The van der Waals surface area contributed by atoms with E-state index in [1.165, 1.54) is 5.56 Å². The Bertz CT molecular complexity index is 497. The quantitative estimate of drug-likeness (QED) is 0.747. The number of rotatable bonds is 3. The fraction of sp³-hybridized carbons (Fsp3) is 0.667. The number of hydroxylamine groups is 2. The van der Waals surface area contributed by atoms with Crippen molar-refractivity contribution < 1.29 is 4.84 Å². The molecule has 4 unspecified atom stereocenters. The van der Waals surface area contributed by atoms with Crippen molar-refractivity contribution in [1.82, 2.24) is 5.06 Å². The lowest BCUT2D eigenvalue weighted by Gasteiger charge is -2.41. The Labute approximate surface area is 123 Å². The van der Waals surface area contributed by atoms with E-state index in [-0.39, 0.29) is 11.1 Å². The molecule has 0 aromatic heterocycles. The van der Waals surface area contributed by atoms with Crippen LogP contribution in [0.25, 0.3) is 0 Å². The first-order valence-corrected chi connectivity index (χ1v) is 7.88. The van der Waals surface area contributed by atoms with Crippen LogP contribution in [0.15, 0.2) is 30.3 Å². The van der Waals surface area contributed by atoms with Gasteiger partial charge in [0, 0.05) is 5.41 Å². The van der Waals surface area contributed by atoms with E-state index in [9.17, 15) is 0 Å². The molecule has 1 heterocycles. The van der Waals surface area contributed by atoms with Gasteiger partial charge in [-0.15, -0.1) is 5.06 Å². The molecule has 0 amide bonds. The molecule has 1 aliphatic carbocycles. The van der Waals surface area contributed by atoms with Crippen LogP contribution in [-0.2, 0) is 11.4 Å². The fourth-order valence-corrected chi connectivity index (χ4v) is 4.26. The van der Waals surface area contributed by atoms with Crippen LogP contribution in [-0.4, -0.2) is 10.8 Å². The molecule has 2 fully saturated rings. The smallest absolute Gasteiger partial charge is 0.171 e. The van der Waals surface area contributed by atoms with Crippen molar-refractivity contribution in [3.05, 3.63) is 35.9 Å². The first-order valence-electron chi connectivity index (χ1n) is 7.88. The van der Waals surface area contributed by atoms with E-state index in [4.69, 9.17) is 4.84 Å². The molecule has 3 rings (SSSR count). The summed E-state index contributed by atoms with van der Waals surface area (Å²) in [6.45, 7) is 12.8. The van der Waals surface area contributed by atoms with Crippen molar-refractivity contribution >= 4 is 0 Å². The molecule has 1 aromatic rings. The summed E-state index contributed by atoms with van der Waals surface area (Å²) in [5.41, 5.74) is 1.82. The Balaban J connectivity index is 1.85. The summed E-state index contributed by atoms with van der Waals surface area (Å²) >= 11 is 0. The van der Waals surface area contributed by atoms with Crippen LogP contribution >= 0.6 is 0 Å². The van der Waals surface area contributed by atoms with Gasteiger partial charge >= 0.3 is 0 Å². The van der Waals surface area contributed by atoms with Crippen molar-refractivity contribution in [3.8, 4) is 0 Å². The molecular weight excluding hydrogens is 246 g/mol. The minimum atomic E-state index is -0.0412. The summed E-state index contributed by atoms with van der Waals surface area (Å²) in [6.07, 6.45) is 2.31. The van der Waals surface area contributed by atoms with Gasteiger partial charge in [0.15, 0.2) is 5.72 Å². The van der Waals surface area contributed by atoms with Gasteiger partial charge in [-0.05, 0) is 29.7 Å². The fourth-order valence-electron chi connectivity index (χ4n) is 4.26. The van der Waals surface area contributed by atoms with E-state index in [0.29, 0.717) is 11.3 Å². The summed E-state index contributed by atoms with van der Waals surface area (Å²) < 4.78 is 0. The average Bonchev–Trinajstić information content (AvgIpc) is 3.09. The minimum Gasteiger partial charge on any atom is -0.271 e. The second-order valence-corrected chi connectivity index (χ2v) is 7.41. The third-order valence-electron chi connectivity index (χ3n) is 6.61. The molecule has 110 valence electrons. The molecule has 1 spiro atoms. The zero-order valence-electron chi connectivity index (χ0n) is 13.4. The van der Waals surface area contributed by atoms with Gasteiger partial charge in [0.2, 0.25) is 0 Å². The van der Waals surface area contributed by atoms with Crippen molar-refractivity contribution in [2.75, 3.05) is 0 Å². The molecule has 2 aliphatic rings. The van der Waals surface area contributed by atoms with Crippen LogP contribution < -0.4 is 0 Å². The highest BCUT2D eigenvalue weighted by molar-refractivity contribution is 5.19. The highest BCUT2D eigenvalue weighted by atomic mass is 16.9. The summed E-state index contributed by atoms with van der Waals surface area (Å²) in [6, 6.07) is 10.6. The molecule has 1 saturated carbocycles. The largest absolute Gasteiger partial charge is 0.271 e. The van der Waals surface area contributed by atoms with Gasteiger partial charge in [-0.25, -0.2) is 0 Å². The van der Waals surface area contributed by atoms with E-state index < -0.39 is 0 Å². The predicted molar refractivity (Wildman–Crippen MR) is 81.8 cm³/mol. The zero-order valence-corrected chi connectivity index (χ0v) is 13.4. The van der Waals surface area contributed by atoms with Gasteiger partial charge in [0.25, 0.3) is 0 Å². The van der Waals surface area contributed by atoms with Crippen LogP contribution in [0.4, 0.5) is 0 Å². The van der Waals surface area contributed by atoms with Crippen molar-refractivity contribution in [2.45, 2.75) is 59.7 Å². The van der Waals surface area contributed by atoms with E-state index in [0.717, 1.165) is 19.4 Å². The summed E-state index contributed by atoms with van der Waals surface area (Å²) in [5, 5.41) is 2.23. The summed E-state index contributed by atoms with van der Waals surface area (Å²) in [7, 11) is 0. The van der Waals surface area contributed by atoms with Crippen molar-refractivity contribution in [1.29, 1.82) is 0 Å². The van der Waals surface area contributed by atoms with E-state index >= 15 is 0 Å². The first kappa shape index (κ1) is 14.1. The SMILES string of the molecule is CCC1(C)C(C)(C)C(C)CC12ON2Cc1ccccc1. The molecular formula is C18H27NO. The van der Waals surface area contributed by atoms with Crippen molar-refractivity contribution in [2.24, 2.45) is 16.7 Å². The van der Waals surface area contributed by atoms with Crippen LogP contribution in [0.1, 0.15) is 53.0 Å². The Morgan fingerprint density at radius 2 is 1.85 bits per heavy atom. The monoisotopic (exact) mass is 273 g/mol. The number of benzene rings is 1. The van der Waals surface area contributed by atoms with Gasteiger partial charge in [0.05, 0.1) is 6.54 Å². The maximum atomic E-state index is 6.22. The number of hydrogen-bond donors (Lipinski definition) is 0. The standard InChI is InChI=1S/C18H27NO/c1-6-17(5)16(3,4)14(2)12-18(17)19(20-18)13-15-10-8-7-9-11-15/h7-11,14H,6,12-13H2,1-5H3. The van der Waals surface area contributed by atoms with Crippen LogP contribution in [0.2, 0.25) is 0 Å². The van der Waals surface area contributed by atoms with E-state index in [2.05, 4.69) is 70.0 Å². The Kier molecular flexibility index (Phi) is 3.04. The zero-order chi connectivity index (χ0) is 14.6. The predicted octanol–water partition coefficient (Wildman–Crippen LogP) is 4.61. The molecule has 4 atom stereocenters. The van der Waals surface area contributed by atoms with Gasteiger partial charge < -0.3 is 0 Å². The first-order chi connectivity index (χ1) is 9.37. The molecule has 1 aromatic carbocycles. The van der Waals surface area contributed by atoms with Gasteiger partial charge in [-0.2, -0.15) is 0 Å². The normalized spacial score (nSPS) is 42.0. The molecule has 1 saturated heterocycles. The second kappa shape index (κ2) is 4.32. The molecule has 1 aliphatic heterocycles. The Morgan fingerprint density at radius 3 is 2.45 bits per heavy atom. The van der Waals surface area contributed by atoms with Crippen LogP contribution in [0.5, 0.6) is 0 Å². The van der Waals surface area contributed by atoms with Gasteiger partial charge in [0.1, 0.15) is 0 Å². The molecule has 0 N–H and O–H groups in total. The minimum absolute atomic E-state index is 0.0412. The molecule has 20 heavy (non-hydrogen) atoms. The lowest BCUT2D eigenvalue weighted by molar-refractivity contribution is 0.0365. The summed E-state index contributed by atoms with van der Waals surface area (Å²) in [4.78, 5) is 6.22. The third-order valence-corrected chi connectivity index (χ3v) is 6.61. The van der Waals surface area contributed by atoms with Gasteiger partial charge in [-0.3, -0.25) is 4.84 Å². The topological polar surface area (TPSA) is 15.5 Å². The second-order valence-electron chi connectivity index (χ2n) is 7.41. The van der Waals surface area contributed by atoms with E-state index in [1.807, 2.05) is 0 Å². The number of hydrogen-bond acceptors (Lipinski definition) is 2. The van der Waals surface area contributed by atoms with Crippen LogP contribution in [0, 0.1) is 16.7 Å². The summed E-state index contributed by atoms with van der Waals surface area (Å²) in [5.74, 6) is 0.688. The lowest BCUT2D eigenvalue weighted by atomic mass is 9.63. The van der Waals surface area contributed by atoms with Crippen molar-refractivity contribution in [3.63, 3.8) is 0 Å². The van der Waals surface area contributed by atoms with Gasteiger partial charge in [-0.1, -0.05) is 65.0 Å². The van der Waals surface area contributed by atoms with Crippen LogP contribution in [0.3, 0.4) is 0 Å². The molecule has 2 nitrogen and oxygen atoms in total.